The quantitative estimate of drug-likeness (QED) is 0.524. The van der Waals surface area contributed by atoms with E-state index in [0.717, 1.165) is 24.1 Å². The Balaban J connectivity index is 1.46. The third-order valence-corrected chi connectivity index (χ3v) is 6.03. The molecule has 1 fully saturated rings. The molecule has 1 saturated heterocycles. The number of rotatable bonds is 3. The van der Waals surface area contributed by atoms with E-state index >= 15 is 0 Å². The van der Waals surface area contributed by atoms with Gasteiger partial charge in [-0.25, -0.2) is 9.37 Å². The molecule has 1 aliphatic rings. The van der Waals surface area contributed by atoms with Gasteiger partial charge in [0.2, 0.25) is 0 Å². The van der Waals surface area contributed by atoms with Crippen molar-refractivity contribution < 1.29 is 9.18 Å². The lowest BCUT2D eigenvalue weighted by atomic mass is 10.0. The molecule has 1 aliphatic heterocycles. The summed E-state index contributed by atoms with van der Waals surface area (Å²) in [7, 11) is 0. The number of imidazole rings is 1. The van der Waals surface area contributed by atoms with Gasteiger partial charge in [0.25, 0.3) is 5.91 Å². The molecule has 33 heavy (non-hydrogen) atoms. The van der Waals surface area contributed by atoms with Crippen molar-refractivity contribution in [3.05, 3.63) is 78.0 Å². The summed E-state index contributed by atoms with van der Waals surface area (Å²) in [5, 5.41) is 9.02. The van der Waals surface area contributed by atoms with Crippen molar-refractivity contribution >= 4 is 11.6 Å². The molecular formula is C25H21FN6O. The van der Waals surface area contributed by atoms with E-state index in [1.807, 2.05) is 16.5 Å². The molecule has 0 spiro atoms. The second-order valence-electron chi connectivity index (χ2n) is 8.16. The maximum Gasteiger partial charge on any atom is 0.256 e. The van der Waals surface area contributed by atoms with Crippen LogP contribution in [0.25, 0.3) is 28.2 Å². The Morgan fingerprint density at radius 3 is 2.48 bits per heavy atom. The zero-order chi connectivity index (χ0) is 22.9. The molecule has 2 N–H and O–H groups in total. The van der Waals surface area contributed by atoms with Gasteiger partial charge in [-0.3, -0.25) is 14.2 Å². The number of nitrogens with zero attached hydrogens (tertiary/aromatic N) is 5. The highest BCUT2D eigenvalue weighted by Crippen LogP contribution is 2.26. The number of likely N-dealkylation sites (tertiary alicyclic amines) is 1. The molecule has 7 nitrogen and oxygen atoms in total. The molecule has 0 bridgehead atoms. The summed E-state index contributed by atoms with van der Waals surface area (Å²) in [6.07, 6.45) is 6.59. The Bertz CT molecular complexity index is 1380. The van der Waals surface area contributed by atoms with Gasteiger partial charge in [0.05, 0.1) is 41.0 Å². The van der Waals surface area contributed by atoms with Crippen LogP contribution in [0, 0.1) is 17.1 Å². The van der Waals surface area contributed by atoms with Crippen LogP contribution in [0.3, 0.4) is 0 Å². The SMILES string of the molecule is N#Cc1ccc(-c2cnc3cnc(-c4ccc(C(=O)N5CCC(N)CC5)c(F)c4)cn23)cc1. The van der Waals surface area contributed by atoms with Gasteiger partial charge < -0.3 is 10.6 Å². The van der Waals surface area contributed by atoms with Gasteiger partial charge in [0.1, 0.15) is 5.82 Å². The summed E-state index contributed by atoms with van der Waals surface area (Å²) in [6.45, 7) is 1.08. The Morgan fingerprint density at radius 2 is 1.79 bits per heavy atom. The van der Waals surface area contributed by atoms with Crippen molar-refractivity contribution in [1.29, 1.82) is 5.26 Å². The normalized spacial score (nSPS) is 14.4. The van der Waals surface area contributed by atoms with Gasteiger partial charge in [-0.15, -0.1) is 0 Å². The zero-order valence-electron chi connectivity index (χ0n) is 17.8. The van der Waals surface area contributed by atoms with E-state index in [1.54, 1.807) is 41.7 Å². The fraction of sp³-hybridized carbons (Fsp3) is 0.200. The number of nitriles is 1. The predicted molar refractivity (Wildman–Crippen MR) is 122 cm³/mol. The molecule has 1 amide bonds. The minimum absolute atomic E-state index is 0.0520. The standard InChI is InChI=1S/C25H21FN6O/c26-21-11-18(5-6-20(21)25(33)31-9-7-19(28)8-10-31)22-15-32-23(13-30-24(32)14-29-22)17-3-1-16(12-27)2-4-17/h1-6,11,13-15,19H,7-10,28H2. The van der Waals surface area contributed by atoms with Crippen LogP contribution in [-0.2, 0) is 0 Å². The summed E-state index contributed by atoms with van der Waals surface area (Å²) in [5.74, 6) is -0.890. The third-order valence-electron chi connectivity index (χ3n) is 6.03. The largest absolute Gasteiger partial charge is 0.338 e. The van der Waals surface area contributed by atoms with Gasteiger partial charge in [0, 0.05) is 36.5 Å². The number of aromatic nitrogens is 3. The van der Waals surface area contributed by atoms with Crippen molar-refractivity contribution in [2.24, 2.45) is 5.73 Å². The molecule has 0 aliphatic carbocycles. The molecular weight excluding hydrogens is 419 g/mol. The van der Waals surface area contributed by atoms with Crippen molar-refractivity contribution in [1.82, 2.24) is 19.3 Å². The van der Waals surface area contributed by atoms with Crippen LogP contribution in [0.4, 0.5) is 4.39 Å². The molecule has 0 radical (unpaired) electrons. The Hall–Kier alpha value is -4.09. The third kappa shape index (κ3) is 3.95. The van der Waals surface area contributed by atoms with Crippen LogP contribution < -0.4 is 5.73 Å². The van der Waals surface area contributed by atoms with E-state index in [2.05, 4.69) is 16.0 Å². The van der Waals surface area contributed by atoms with E-state index in [9.17, 15) is 9.18 Å². The van der Waals surface area contributed by atoms with Gasteiger partial charge in [-0.2, -0.15) is 5.26 Å². The average molecular weight is 440 g/mol. The lowest BCUT2D eigenvalue weighted by Crippen LogP contribution is -2.43. The van der Waals surface area contributed by atoms with E-state index < -0.39 is 5.82 Å². The van der Waals surface area contributed by atoms with Crippen molar-refractivity contribution in [3.63, 3.8) is 0 Å². The van der Waals surface area contributed by atoms with E-state index in [4.69, 9.17) is 11.0 Å². The Labute approximate surface area is 189 Å². The summed E-state index contributed by atoms with van der Waals surface area (Å²) < 4.78 is 16.8. The highest BCUT2D eigenvalue weighted by molar-refractivity contribution is 5.95. The minimum Gasteiger partial charge on any atom is -0.338 e. The Morgan fingerprint density at radius 1 is 1.06 bits per heavy atom. The van der Waals surface area contributed by atoms with Crippen LogP contribution in [-0.4, -0.2) is 44.3 Å². The zero-order valence-corrected chi connectivity index (χ0v) is 17.8. The number of piperidine rings is 1. The second-order valence-corrected chi connectivity index (χ2v) is 8.16. The number of nitrogens with two attached hydrogens (primary N) is 1. The van der Waals surface area contributed by atoms with E-state index in [-0.39, 0.29) is 17.5 Å². The van der Waals surface area contributed by atoms with Crippen LogP contribution >= 0.6 is 0 Å². The van der Waals surface area contributed by atoms with Gasteiger partial charge in [0.15, 0.2) is 5.65 Å². The molecule has 8 heteroatoms. The fourth-order valence-corrected chi connectivity index (χ4v) is 4.09. The Kier molecular flexibility index (Phi) is 5.32. The highest BCUT2D eigenvalue weighted by Gasteiger charge is 2.24. The molecule has 5 rings (SSSR count). The van der Waals surface area contributed by atoms with Crippen molar-refractivity contribution in [2.45, 2.75) is 18.9 Å². The van der Waals surface area contributed by atoms with Gasteiger partial charge >= 0.3 is 0 Å². The maximum absolute atomic E-state index is 14.9. The number of benzene rings is 2. The van der Waals surface area contributed by atoms with Gasteiger partial charge in [-0.05, 0) is 37.1 Å². The lowest BCUT2D eigenvalue weighted by molar-refractivity contribution is 0.0710. The summed E-state index contributed by atoms with van der Waals surface area (Å²) in [4.78, 5) is 23.2. The summed E-state index contributed by atoms with van der Waals surface area (Å²) in [5.41, 5.74) is 10.0. The number of fused-ring (bicyclic) bond motifs is 1. The first-order chi connectivity index (χ1) is 16.0. The summed E-state index contributed by atoms with van der Waals surface area (Å²) in [6, 6.07) is 14.0. The predicted octanol–water partition coefficient (Wildman–Crippen LogP) is 3.64. The van der Waals surface area contributed by atoms with Crippen molar-refractivity contribution in [3.8, 4) is 28.6 Å². The molecule has 0 atom stereocenters. The topological polar surface area (TPSA) is 100 Å². The first kappa shape index (κ1) is 20.8. The number of halogens is 1. The number of hydrogen-bond acceptors (Lipinski definition) is 5. The van der Waals surface area contributed by atoms with Crippen LogP contribution in [0.2, 0.25) is 0 Å². The lowest BCUT2D eigenvalue weighted by Gasteiger charge is -2.30. The number of carbonyl (C=O) groups excluding carboxylic acids is 1. The maximum atomic E-state index is 14.9. The number of amides is 1. The first-order valence-corrected chi connectivity index (χ1v) is 10.7. The molecule has 2 aromatic carbocycles. The van der Waals surface area contributed by atoms with Crippen LogP contribution in [0.5, 0.6) is 0 Å². The second kappa shape index (κ2) is 8.45. The monoisotopic (exact) mass is 440 g/mol. The molecule has 3 heterocycles. The molecule has 2 aromatic heterocycles. The first-order valence-electron chi connectivity index (χ1n) is 10.7. The van der Waals surface area contributed by atoms with E-state index in [0.29, 0.717) is 35.6 Å². The highest BCUT2D eigenvalue weighted by atomic mass is 19.1. The fourth-order valence-electron chi connectivity index (χ4n) is 4.09. The molecule has 0 saturated carbocycles. The van der Waals surface area contributed by atoms with Crippen molar-refractivity contribution in [2.75, 3.05) is 13.1 Å². The number of hydrogen-bond donors (Lipinski definition) is 1. The van der Waals surface area contributed by atoms with E-state index in [1.165, 1.54) is 12.1 Å². The van der Waals surface area contributed by atoms with Crippen LogP contribution in [0.1, 0.15) is 28.8 Å². The molecule has 4 aromatic rings. The minimum atomic E-state index is -0.577. The summed E-state index contributed by atoms with van der Waals surface area (Å²) >= 11 is 0. The van der Waals surface area contributed by atoms with Crippen LogP contribution in [0.15, 0.2) is 61.1 Å². The smallest absolute Gasteiger partial charge is 0.256 e. The van der Waals surface area contributed by atoms with Gasteiger partial charge in [-0.1, -0.05) is 18.2 Å². The molecule has 164 valence electrons. The molecule has 0 unspecified atom stereocenters. The average Bonchev–Trinajstić information content (AvgIpc) is 3.27. The number of carbonyl (C=O) groups is 1.